The largest absolute Gasteiger partial charge is 0.319 e. The van der Waals surface area contributed by atoms with Gasteiger partial charge in [-0.15, -0.1) is 22.7 Å². The number of amides is 1. The van der Waals surface area contributed by atoms with Crippen LogP contribution >= 0.6 is 22.7 Å². The highest BCUT2D eigenvalue weighted by molar-refractivity contribution is 7.92. The Morgan fingerprint density at radius 1 is 0.897 bits per heavy atom. The molecule has 0 fully saturated rings. The number of thiazole rings is 1. The van der Waals surface area contributed by atoms with E-state index in [2.05, 4.69) is 15.0 Å². The molecule has 0 atom stereocenters. The molecule has 4 aromatic rings. The van der Waals surface area contributed by atoms with Gasteiger partial charge in [0.2, 0.25) is 0 Å². The van der Waals surface area contributed by atoms with Gasteiger partial charge in [-0.25, -0.2) is 13.4 Å². The van der Waals surface area contributed by atoms with Gasteiger partial charge in [-0.05, 0) is 35.7 Å². The van der Waals surface area contributed by atoms with Crippen molar-refractivity contribution in [3.63, 3.8) is 0 Å². The van der Waals surface area contributed by atoms with Gasteiger partial charge in [0.25, 0.3) is 15.9 Å². The molecule has 146 valence electrons. The lowest BCUT2D eigenvalue weighted by Crippen LogP contribution is -2.16. The molecule has 0 saturated carbocycles. The lowest BCUT2D eigenvalue weighted by molar-refractivity contribution is 0.103. The van der Waals surface area contributed by atoms with E-state index in [0.29, 0.717) is 10.6 Å². The summed E-state index contributed by atoms with van der Waals surface area (Å²) in [6.07, 6.45) is 1.52. The molecule has 1 amide bonds. The number of thiophene rings is 1. The van der Waals surface area contributed by atoms with Crippen LogP contribution in [-0.4, -0.2) is 19.3 Å². The summed E-state index contributed by atoms with van der Waals surface area (Å²) in [5, 5.41) is 5.48. The van der Waals surface area contributed by atoms with Gasteiger partial charge in [0, 0.05) is 0 Å². The molecule has 0 spiro atoms. The maximum atomic E-state index is 12.7. The van der Waals surface area contributed by atoms with Crippen LogP contribution in [0.25, 0.3) is 9.88 Å². The zero-order chi connectivity index (χ0) is 20.3. The molecule has 4 rings (SSSR count). The van der Waals surface area contributed by atoms with Crippen LogP contribution in [0.1, 0.15) is 9.67 Å². The van der Waals surface area contributed by atoms with E-state index in [1.54, 1.807) is 53.8 Å². The Balaban J connectivity index is 1.55. The zero-order valence-corrected chi connectivity index (χ0v) is 17.4. The molecule has 0 radical (unpaired) electrons. The monoisotopic (exact) mass is 441 g/mol. The number of hydrogen-bond acceptors (Lipinski definition) is 6. The molecule has 0 aliphatic carbocycles. The van der Waals surface area contributed by atoms with E-state index < -0.39 is 10.0 Å². The number of anilines is 2. The van der Waals surface area contributed by atoms with Crippen LogP contribution < -0.4 is 10.0 Å². The van der Waals surface area contributed by atoms with Crippen LogP contribution in [0.2, 0.25) is 0 Å². The highest BCUT2D eigenvalue weighted by Gasteiger charge is 2.18. The van der Waals surface area contributed by atoms with Crippen molar-refractivity contribution in [3.8, 4) is 9.88 Å². The number of carbonyl (C=O) groups excluding carboxylic acids is 1. The zero-order valence-electron chi connectivity index (χ0n) is 14.9. The Kier molecular flexibility index (Phi) is 5.43. The minimum atomic E-state index is -3.77. The standard InChI is InChI=1S/C20H15N3O3S3/c24-19(18-13-21-20(28-18)17-11-6-12-27-17)22-15-9-4-5-10-16(15)23-29(25,26)14-7-2-1-3-8-14/h1-13,23H,(H,22,24). The van der Waals surface area contributed by atoms with Crippen LogP contribution in [0, 0.1) is 0 Å². The molecule has 0 aliphatic heterocycles. The van der Waals surface area contributed by atoms with Crippen molar-refractivity contribution in [1.29, 1.82) is 0 Å². The maximum Gasteiger partial charge on any atom is 0.267 e. The Bertz CT molecular complexity index is 1230. The summed E-state index contributed by atoms with van der Waals surface area (Å²) < 4.78 is 27.8. The van der Waals surface area contributed by atoms with Crippen LogP contribution in [0.4, 0.5) is 11.4 Å². The maximum absolute atomic E-state index is 12.7. The van der Waals surface area contributed by atoms with Crippen molar-refractivity contribution in [3.05, 3.63) is 83.2 Å². The van der Waals surface area contributed by atoms with Crippen molar-refractivity contribution < 1.29 is 13.2 Å². The van der Waals surface area contributed by atoms with E-state index >= 15 is 0 Å². The Hall–Kier alpha value is -3.01. The van der Waals surface area contributed by atoms with Gasteiger partial charge >= 0.3 is 0 Å². The Morgan fingerprint density at radius 2 is 1.62 bits per heavy atom. The fourth-order valence-electron chi connectivity index (χ4n) is 2.56. The number of nitrogens with one attached hydrogen (secondary N) is 2. The third kappa shape index (κ3) is 4.37. The minimum absolute atomic E-state index is 0.143. The van der Waals surface area contributed by atoms with E-state index in [1.807, 2.05) is 17.5 Å². The molecule has 2 heterocycles. The normalized spacial score (nSPS) is 11.2. The lowest BCUT2D eigenvalue weighted by Gasteiger charge is -2.13. The highest BCUT2D eigenvalue weighted by atomic mass is 32.2. The van der Waals surface area contributed by atoms with E-state index in [1.165, 1.54) is 29.7 Å². The van der Waals surface area contributed by atoms with Gasteiger partial charge in [0.15, 0.2) is 0 Å². The number of sulfonamides is 1. The third-order valence-corrected chi connectivity index (χ3v) is 7.35. The first-order valence-corrected chi connectivity index (χ1v) is 11.7. The average Bonchev–Trinajstić information content (AvgIpc) is 3.42. The number of aromatic nitrogens is 1. The smallest absolute Gasteiger partial charge is 0.267 e. The number of hydrogen-bond donors (Lipinski definition) is 2. The van der Waals surface area contributed by atoms with Crippen LogP contribution in [0.3, 0.4) is 0 Å². The van der Waals surface area contributed by atoms with Gasteiger partial charge in [0.05, 0.1) is 27.3 Å². The number of rotatable bonds is 6. The SMILES string of the molecule is O=C(Nc1ccccc1NS(=O)(=O)c1ccccc1)c1cnc(-c2cccs2)s1. The molecule has 0 aliphatic rings. The van der Waals surface area contributed by atoms with Crippen LogP contribution in [0.15, 0.2) is 83.2 Å². The van der Waals surface area contributed by atoms with E-state index in [-0.39, 0.29) is 16.5 Å². The van der Waals surface area contributed by atoms with Crippen molar-refractivity contribution in [2.75, 3.05) is 10.0 Å². The second-order valence-corrected chi connectivity index (χ2v) is 9.59. The first-order valence-electron chi connectivity index (χ1n) is 8.51. The summed E-state index contributed by atoms with van der Waals surface area (Å²) in [4.78, 5) is 18.5. The molecule has 9 heteroatoms. The second-order valence-electron chi connectivity index (χ2n) is 5.93. The molecule has 0 bridgehead atoms. The topological polar surface area (TPSA) is 88.2 Å². The molecular formula is C20H15N3O3S3. The Morgan fingerprint density at radius 3 is 2.34 bits per heavy atom. The fourth-order valence-corrected chi connectivity index (χ4v) is 5.28. The summed E-state index contributed by atoms with van der Waals surface area (Å²) in [5.74, 6) is -0.350. The van der Waals surface area contributed by atoms with Gasteiger partial charge in [0.1, 0.15) is 9.88 Å². The second kappa shape index (κ2) is 8.16. The summed E-state index contributed by atoms with van der Waals surface area (Å²) in [7, 11) is -3.77. The molecule has 2 aromatic carbocycles. The van der Waals surface area contributed by atoms with Gasteiger partial charge in [-0.3, -0.25) is 9.52 Å². The summed E-state index contributed by atoms with van der Waals surface area (Å²) >= 11 is 2.83. The predicted octanol–water partition coefficient (Wildman–Crippen LogP) is 4.92. The van der Waals surface area contributed by atoms with Crippen LogP contribution in [0.5, 0.6) is 0 Å². The van der Waals surface area contributed by atoms with Crippen LogP contribution in [-0.2, 0) is 10.0 Å². The predicted molar refractivity (Wildman–Crippen MR) is 117 cm³/mol. The third-order valence-electron chi connectivity index (χ3n) is 3.93. The molecule has 2 aromatic heterocycles. The molecule has 0 unspecified atom stereocenters. The molecule has 6 nitrogen and oxygen atoms in total. The summed E-state index contributed by atoms with van der Waals surface area (Å²) in [6.45, 7) is 0. The van der Waals surface area contributed by atoms with Crippen molar-refractivity contribution in [1.82, 2.24) is 4.98 Å². The van der Waals surface area contributed by atoms with Gasteiger partial charge in [-0.2, -0.15) is 0 Å². The molecule has 0 saturated heterocycles. The quantitative estimate of drug-likeness (QED) is 0.444. The van der Waals surface area contributed by atoms with Gasteiger partial charge in [-0.1, -0.05) is 36.4 Å². The number of para-hydroxylation sites is 2. The first-order chi connectivity index (χ1) is 14.0. The highest BCUT2D eigenvalue weighted by Crippen LogP contribution is 2.30. The number of nitrogens with zero attached hydrogens (tertiary/aromatic N) is 1. The van der Waals surface area contributed by atoms with E-state index in [9.17, 15) is 13.2 Å². The minimum Gasteiger partial charge on any atom is -0.319 e. The molecular weight excluding hydrogens is 426 g/mol. The fraction of sp³-hybridized carbons (Fsp3) is 0. The number of carbonyl (C=O) groups is 1. The Labute approximate surface area is 175 Å². The molecule has 2 N–H and O–H groups in total. The summed E-state index contributed by atoms with van der Waals surface area (Å²) in [6, 6.07) is 18.6. The molecule has 29 heavy (non-hydrogen) atoms. The lowest BCUT2D eigenvalue weighted by atomic mass is 10.2. The number of benzene rings is 2. The van der Waals surface area contributed by atoms with Gasteiger partial charge < -0.3 is 5.32 Å². The summed E-state index contributed by atoms with van der Waals surface area (Å²) in [5.41, 5.74) is 0.649. The van der Waals surface area contributed by atoms with E-state index in [0.717, 1.165) is 9.88 Å². The van der Waals surface area contributed by atoms with E-state index in [4.69, 9.17) is 0 Å². The van der Waals surface area contributed by atoms with Crippen molar-refractivity contribution in [2.24, 2.45) is 0 Å². The van der Waals surface area contributed by atoms with Crippen molar-refractivity contribution in [2.45, 2.75) is 4.90 Å². The first kappa shape index (κ1) is 19.3. The average molecular weight is 442 g/mol. The van der Waals surface area contributed by atoms with Crippen molar-refractivity contribution >= 4 is 50.0 Å².